The SMILES string of the molecule is CCC(C)S(=O)(=O)Cc1cc(N2CCOC[C@@H]2C)nc(-c2ccc3[nH]ccc3c2)n1. The Kier molecular flexibility index (Phi) is 5.79. The standard InChI is InChI=1S/C22H28N4O3S/c1-4-16(3)30(27,28)14-19-12-21(26-9-10-29-13-15(26)2)25-22(24-19)18-5-6-20-17(11-18)7-8-23-20/h5-8,11-12,15-16,23H,4,9-10,13-14H2,1-3H3/t15-,16?/m0/s1. The molecule has 1 aliphatic rings. The van der Waals surface area contributed by atoms with Gasteiger partial charge in [-0.2, -0.15) is 0 Å². The van der Waals surface area contributed by atoms with Gasteiger partial charge >= 0.3 is 0 Å². The van der Waals surface area contributed by atoms with E-state index in [0.29, 0.717) is 37.7 Å². The van der Waals surface area contributed by atoms with Crippen LogP contribution in [0, 0.1) is 0 Å². The van der Waals surface area contributed by atoms with E-state index >= 15 is 0 Å². The van der Waals surface area contributed by atoms with Crippen molar-refractivity contribution in [2.24, 2.45) is 0 Å². The van der Waals surface area contributed by atoms with Gasteiger partial charge in [0.1, 0.15) is 5.82 Å². The molecule has 0 aliphatic carbocycles. The van der Waals surface area contributed by atoms with Gasteiger partial charge < -0.3 is 14.6 Å². The lowest BCUT2D eigenvalue weighted by Crippen LogP contribution is -2.44. The molecule has 7 nitrogen and oxygen atoms in total. The van der Waals surface area contributed by atoms with Crippen molar-refractivity contribution in [3.05, 3.63) is 42.2 Å². The van der Waals surface area contributed by atoms with E-state index in [4.69, 9.17) is 9.72 Å². The lowest BCUT2D eigenvalue weighted by Gasteiger charge is -2.34. The average molecular weight is 429 g/mol. The van der Waals surface area contributed by atoms with E-state index in [9.17, 15) is 8.42 Å². The van der Waals surface area contributed by atoms with Crippen molar-refractivity contribution in [2.45, 2.75) is 44.2 Å². The third kappa shape index (κ3) is 4.20. The van der Waals surface area contributed by atoms with Gasteiger partial charge in [0.05, 0.1) is 36.0 Å². The number of aromatic nitrogens is 3. The van der Waals surface area contributed by atoms with E-state index in [-0.39, 0.29) is 11.8 Å². The molecule has 1 unspecified atom stereocenters. The average Bonchev–Trinajstić information content (AvgIpc) is 3.20. The zero-order valence-corrected chi connectivity index (χ0v) is 18.4. The molecule has 8 heteroatoms. The monoisotopic (exact) mass is 428 g/mol. The second kappa shape index (κ2) is 8.35. The first-order chi connectivity index (χ1) is 14.4. The van der Waals surface area contributed by atoms with Gasteiger partial charge in [0.15, 0.2) is 15.7 Å². The molecule has 3 aromatic rings. The normalized spacial score (nSPS) is 18.6. The molecule has 1 aromatic carbocycles. The second-order valence-corrected chi connectivity index (χ2v) is 10.4. The first-order valence-corrected chi connectivity index (χ1v) is 12.1. The summed E-state index contributed by atoms with van der Waals surface area (Å²) in [4.78, 5) is 14.8. The van der Waals surface area contributed by atoms with Crippen LogP contribution in [0.15, 0.2) is 36.5 Å². The number of H-pyrrole nitrogens is 1. The van der Waals surface area contributed by atoms with Crippen molar-refractivity contribution in [1.82, 2.24) is 15.0 Å². The number of sulfone groups is 1. The predicted molar refractivity (Wildman–Crippen MR) is 119 cm³/mol. The number of nitrogens with zero attached hydrogens (tertiary/aromatic N) is 3. The zero-order valence-electron chi connectivity index (χ0n) is 17.6. The largest absolute Gasteiger partial charge is 0.377 e. The first kappa shape index (κ1) is 20.8. The maximum atomic E-state index is 12.8. The van der Waals surface area contributed by atoms with Crippen molar-refractivity contribution < 1.29 is 13.2 Å². The Bertz CT molecular complexity index is 1140. The molecule has 1 aliphatic heterocycles. The number of ether oxygens (including phenoxy) is 1. The molecular weight excluding hydrogens is 400 g/mol. The molecule has 4 rings (SSSR count). The molecule has 2 aromatic heterocycles. The maximum absolute atomic E-state index is 12.8. The number of fused-ring (bicyclic) bond motifs is 1. The fourth-order valence-corrected chi connectivity index (χ4v) is 5.05. The first-order valence-electron chi connectivity index (χ1n) is 10.4. The van der Waals surface area contributed by atoms with Crippen LogP contribution in [0.1, 0.15) is 32.9 Å². The minimum absolute atomic E-state index is 0.0877. The molecule has 0 radical (unpaired) electrons. The van der Waals surface area contributed by atoms with Crippen molar-refractivity contribution in [3.8, 4) is 11.4 Å². The third-order valence-electron chi connectivity index (χ3n) is 5.78. The number of morpholine rings is 1. The summed E-state index contributed by atoms with van der Waals surface area (Å²) in [6.45, 7) is 7.69. The summed E-state index contributed by atoms with van der Waals surface area (Å²) >= 11 is 0. The molecule has 1 N–H and O–H groups in total. The Hall–Kier alpha value is -2.45. The summed E-state index contributed by atoms with van der Waals surface area (Å²) in [6, 6.07) is 9.97. The van der Waals surface area contributed by atoms with E-state index in [2.05, 4.69) is 21.8 Å². The van der Waals surface area contributed by atoms with Crippen LogP contribution in [-0.2, 0) is 20.3 Å². The van der Waals surface area contributed by atoms with E-state index in [0.717, 1.165) is 22.3 Å². The van der Waals surface area contributed by atoms with Crippen molar-refractivity contribution >= 4 is 26.6 Å². The van der Waals surface area contributed by atoms with Gasteiger partial charge in [0.25, 0.3) is 0 Å². The molecule has 0 bridgehead atoms. The summed E-state index contributed by atoms with van der Waals surface area (Å²) in [5.41, 5.74) is 2.44. The highest BCUT2D eigenvalue weighted by atomic mass is 32.2. The molecule has 0 spiro atoms. The quantitative estimate of drug-likeness (QED) is 0.646. The highest BCUT2D eigenvalue weighted by Gasteiger charge is 2.25. The lowest BCUT2D eigenvalue weighted by atomic mass is 10.1. The van der Waals surface area contributed by atoms with E-state index < -0.39 is 15.1 Å². The summed E-state index contributed by atoms with van der Waals surface area (Å²) < 4.78 is 31.1. The molecule has 0 saturated carbocycles. The molecule has 30 heavy (non-hydrogen) atoms. The topological polar surface area (TPSA) is 88.2 Å². The van der Waals surface area contributed by atoms with Crippen LogP contribution < -0.4 is 4.90 Å². The van der Waals surface area contributed by atoms with Crippen LogP contribution in [0.25, 0.3) is 22.3 Å². The Labute approximate surface area is 177 Å². The summed E-state index contributed by atoms with van der Waals surface area (Å²) in [5.74, 6) is 1.21. The van der Waals surface area contributed by atoms with Crippen LogP contribution in [0.5, 0.6) is 0 Å². The number of hydrogen-bond donors (Lipinski definition) is 1. The van der Waals surface area contributed by atoms with Gasteiger partial charge in [-0.3, -0.25) is 0 Å². The van der Waals surface area contributed by atoms with Gasteiger partial charge in [-0.15, -0.1) is 0 Å². The van der Waals surface area contributed by atoms with Crippen molar-refractivity contribution in [3.63, 3.8) is 0 Å². The number of anilines is 1. The summed E-state index contributed by atoms with van der Waals surface area (Å²) in [6.07, 6.45) is 2.48. The number of rotatable bonds is 6. The number of hydrogen-bond acceptors (Lipinski definition) is 6. The smallest absolute Gasteiger partial charge is 0.161 e. The molecular formula is C22H28N4O3S. The Morgan fingerprint density at radius 1 is 1.27 bits per heavy atom. The third-order valence-corrected chi connectivity index (χ3v) is 8.03. The van der Waals surface area contributed by atoms with Gasteiger partial charge in [-0.1, -0.05) is 6.92 Å². The Balaban J connectivity index is 1.79. The maximum Gasteiger partial charge on any atom is 0.161 e. The molecule has 2 atom stereocenters. The lowest BCUT2D eigenvalue weighted by molar-refractivity contribution is 0.0985. The van der Waals surface area contributed by atoms with E-state index in [1.165, 1.54) is 0 Å². The minimum Gasteiger partial charge on any atom is -0.377 e. The van der Waals surface area contributed by atoms with Crippen molar-refractivity contribution in [2.75, 3.05) is 24.7 Å². The van der Waals surface area contributed by atoms with Crippen LogP contribution >= 0.6 is 0 Å². The number of benzene rings is 1. The molecule has 3 heterocycles. The zero-order chi connectivity index (χ0) is 21.3. The van der Waals surface area contributed by atoms with E-state index in [1.807, 2.05) is 43.5 Å². The highest BCUT2D eigenvalue weighted by Crippen LogP contribution is 2.26. The van der Waals surface area contributed by atoms with Gasteiger partial charge in [-0.25, -0.2) is 18.4 Å². The second-order valence-electron chi connectivity index (χ2n) is 7.96. The van der Waals surface area contributed by atoms with Crippen molar-refractivity contribution in [1.29, 1.82) is 0 Å². The molecule has 1 saturated heterocycles. The van der Waals surface area contributed by atoms with Crippen LogP contribution in [0.2, 0.25) is 0 Å². The number of nitrogens with one attached hydrogen (secondary N) is 1. The van der Waals surface area contributed by atoms with Crippen LogP contribution in [-0.4, -0.2) is 54.4 Å². The molecule has 160 valence electrons. The molecule has 1 fully saturated rings. The molecule has 0 amide bonds. The summed E-state index contributed by atoms with van der Waals surface area (Å²) in [7, 11) is -3.29. The fraction of sp³-hybridized carbons (Fsp3) is 0.455. The predicted octanol–water partition coefficient (Wildman–Crippen LogP) is 3.56. The van der Waals surface area contributed by atoms with Gasteiger partial charge in [0, 0.05) is 35.3 Å². The van der Waals surface area contributed by atoms with Gasteiger partial charge in [-0.05, 0) is 44.5 Å². The van der Waals surface area contributed by atoms with Gasteiger partial charge in [0.2, 0.25) is 0 Å². The van der Waals surface area contributed by atoms with Crippen LogP contribution in [0.3, 0.4) is 0 Å². The number of aromatic amines is 1. The van der Waals surface area contributed by atoms with Crippen LogP contribution in [0.4, 0.5) is 5.82 Å². The van der Waals surface area contributed by atoms with E-state index in [1.54, 1.807) is 6.92 Å². The highest BCUT2D eigenvalue weighted by molar-refractivity contribution is 7.91. The minimum atomic E-state index is -3.29. The Morgan fingerprint density at radius 3 is 2.87 bits per heavy atom. The fourth-order valence-electron chi connectivity index (χ4n) is 3.70. The Morgan fingerprint density at radius 2 is 2.10 bits per heavy atom. The summed E-state index contributed by atoms with van der Waals surface area (Å²) in [5, 5.41) is 0.660.